The molecule has 7 unspecified atom stereocenters. The largest absolute Gasteiger partial charge is 0.393 e. The Morgan fingerprint density at radius 1 is 1.03 bits per heavy atom. The van der Waals surface area contributed by atoms with E-state index in [0.717, 1.165) is 42.4 Å². The standard InChI is InChI=1S/C26H42O.C2H6/c1-18(2)7-5-6-8-19-10-12-23-22-11-9-20-17-21(27)13-15-26(20,4)24(22)14-16-25(19,23)3;1-2/h5-6,9,18-19,21-24,27H,7-8,10-17H2,1-4H3;1-2H3/b6-5+;. The van der Waals surface area contributed by atoms with Crippen LogP contribution >= 0.6 is 0 Å². The fourth-order valence-electron chi connectivity index (χ4n) is 7.77. The summed E-state index contributed by atoms with van der Waals surface area (Å²) >= 11 is 0. The molecular weight excluding hydrogens is 352 g/mol. The molecule has 0 amide bonds. The molecule has 0 aromatic carbocycles. The van der Waals surface area contributed by atoms with Crippen molar-refractivity contribution in [3.63, 3.8) is 0 Å². The van der Waals surface area contributed by atoms with Crippen LogP contribution in [0.25, 0.3) is 0 Å². The molecule has 1 N–H and O–H groups in total. The van der Waals surface area contributed by atoms with E-state index in [2.05, 4.69) is 45.9 Å². The molecule has 0 saturated heterocycles. The first kappa shape index (κ1) is 23.1. The fraction of sp³-hybridized carbons (Fsp3) is 0.857. The molecule has 0 aromatic rings. The highest BCUT2D eigenvalue weighted by Crippen LogP contribution is 2.66. The lowest BCUT2D eigenvalue weighted by Gasteiger charge is -2.58. The van der Waals surface area contributed by atoms with E-state index < -0.39 is 0 Å². The second-order valence-corrected chi connectivity index (χ2v) is 11.3. The minimum Gasteiger partial charge on any atom is -0.393 e. The van der Waals surface area contributed by atoms with Gasteiger partial charge in [0.15, 0.2) is 0 Å². The van der Waals surface area contributed by atoms with Crippen molar-refractivity contribution >= 4 is 0 Å². The second kappa shape index (κ2) is 9.29. The molecule has 166 valence electrons. The Bertz CT molecular complexity index is 601. The van der Waals surface area contributed by atoms with Gasteiger partial charge in [0, 0.05) is 0 Å². The summed E-state index contributed by atoms with van der Waals surface area (Å²) in [6, 6.07) is 0. The minimum atomic E-state index is -0.0804. The maximum absolute atomic E-state index is 10.2. The van der Waals surface area contributed by atoms with Gasteiger partial charge in [0.1, 0.15) is 0 Å². The summed E-state index contributed by atoms with van der Waals surface area (Å²) < 4.78 is 0. The Balaban J connectivity index is 0.00000117. The van der Waals surface area contributed by atoms with E-state index in [1.54, 1.807) is 5.57 Å². The zero-order valence-electron chi connectivity index (χ0n) is 20.2. The molecule has 4 aliphatic rings. The highest BCUT2D eigenvalue weighted by atomic mass is 16.3. The third-order valence-electron chi connectivity index (χ3n) is 9.47. The number of hydrogen-bond donors (Lipinski definition) is 1. The predicted molar refractivity (Wildman–Crippen MR) is 126 cm³/mol. The first-order valence-electron chi connectivity index (χ1n) is 12.9. The molecule has 0 radical (unpaired) electrons. The average Bonchev–Trinajstić information content (AvgIpc) is 3.03. The third kappa shape index (κ3) is 4.28. The van der Waals surface area contributed by atoms with Crippen molar-refractivity contribution in [3.05, 3.63) is 23.8 Å². The number of aliphatic hydroxyl groups is 1. The molecule has 0 aliphatic heterocycles. The first-order chi connectivity index (χ1) is 13.8. The maximum atomic E-state index is 10.2. The van der Waals surface area contributed by atoms with Gasteiger partial charge < -0.3 is 5.11 Å². The lowest BCUT2D eigenvalue weighted by molar-refractivity contribution is -0.0492. The number of aliphatic hydroxyl groups excluding tert-OH is 1. The Kier molecular flexibility index (Phi) is 7.40. The Labute approximate surface area is 181 Å². The lowest BCUT2D eigenvalue weighted by Crippen LogP contribution is -2.50. The van der Waals surface area contributed by atoms with Crippen LogP contribution in [0, 0.1) is 40.4 Å². The summed E-state index contributed by atoms with van der Waals surface area (Å²) in [5.41, 5.74) is 2.56. The highest BCUT2D eigenvalue weighted by Gasteiger charge is 2.58. The topological polar surface area (TPSA) is 20.2 Å². The van der Waals surface area contributed by atoms with Gasteiger partial charge in [0.2, 0.25) is 0 Å². The molecule has 29 heavy (non-hydrogen) atoms. The van der Waals surface area contributed by atoms with E-state index in [-0.39, 0.29) is 6.10 Å². The smallest absolute Gasteiger partial charge is 0.0577 e. The quantitative estimate of drug-likeness (QED) is 0.475. The average molecular weight is 401 g/mol. The van der Waals surface area contributed by atoms with E-state index in [0.29, 0.717) is 10.8 Å². The molecule has 4 aliphatic carbocycles. The summed E-state index contributed by atoms with van der Waals surface area (Å²) in [5, 5.41) is 10.2. The summed E-state index contributed by atoms with van der Waals surface area (Å²) in [5.74, 6) is 4.39. The van der Waals surface area contributed by atoms with E-state index in [9.17, 15) is 5.11 Å². The summed E-state index contributed by atoms with van der Waals surface area (Å²) in [4.78, 5) is 0. The Morgan fingerprint density at radius 3 is 2.52 bits per heavy atom. The van der Waals surface area contributed by atoms with E-state index in [4.69, 9.17) is 0 Å². The second-order valence-electron chi connectivity index (χ2n) is 11.3. The summed E-state index contributed by atoms with van der Waals surface area (Å²) in [6.07, 6.45) is 20.2. The van der Waals surface area contributed by atoms with Gasteiger partial charge in [-0.1, -0.05) is 65.3 Å². The highest BCUT2D eigenvalue weighted by molar-refractivity contribution is 5.25. The molecule has 7 atom stereocenters. The van der Waals surface area contributed by atoms with Gasteiger partial charge >= 0.3 is 0 Å². The van der Waals surface area contributed by atoms with Crippen LogP contribution in [-0.4, -0.2) is 11.2 Å². The van der Waals surface area contributed by atoms with Crippen LogP contribution in [0.5, 0.6) is 0 Å². The van der Waals surface area contributed by atoms with E-state index in [1.165, 1.54) is 51.4 Å². The van der Waals surface area contributed by atoms with Gasteiger partial charge in [-0.15, -0.1) is 0 Å². The van der Waals surface area contributed by atoms with Crippen molar-refractivity contribution in [1.29, 1.82) is 0 Å². The zero-order valence-corrected chi connectivity index (χ0v) is 20.2. The molecule has 0 aromatic heterocycles. The molecule has 1 heteroatoms. The molecule has 3 saturated carbocycles. The molecular formula is C28H48O. The lowest BCUT2D eigenvalue weighted by atomic mass is 9.47. The Morgan fingerprint density at radius 2 is 1.79 bits per heavy atom. The summed E-state index contributed by atoms with van der Waals surface area (Å²) in [6.45, 7) is 13.8. The monoisotopic (exact) mass is 400 g/mol. The van der Waals surface area contributed by atoms with Crippen LogP contribution in [-0.2, 0) is 0 Å². The van der Waals surface area contributed by atoms with E-state index >= 15 is 0 Å². The van der Waals surface area contributed by atoms with Gasteiger partial charge in [-0.2, -0.15) is 0 Å². The zero-order chi connectivity index (χ0) is 21.2. The molecule has 0 spiro atoms. The molecule has 0 heterocycles. The minimum absolute atomic E-state index is 0.0804. The molecule has 4 rings (SSSR count). The predicted octanol–water partition coefficient (Wildman–Crippen LogP) is 7.94. The van der Waals surface area contributed by atoms with Gasteiger partial charge in [0.25, 0.3) is 0 Å². The van der Waals surface area contributed by atoms with Gasteiger partial charge in [-0.25, -0.2) is 0 Å². The maximum Gasteiger partial charge on any atom is 0.0577 e. The van der Waals surface area contributed by atoms with Crippen molar-refractivity contribution in [2.24, 2.45) is 40.4 Å². The number of rotatable bonds is 4. The first-order valence-corrected chi connectivity index (χ1v) is 12.9. The van der Waals surface area contributed by atoms with Crippen LogP contribution < -0.4 is 0 Å². The van der Waals surface area contributed by atoms with Crippen LogP contribution in [0.4, 0.5) is 0 Å². The van der Waals surface area contributed by atoms with Crippen LogP contribution in [0.3, 0.4) is 0 Å². The van der Waals surface area contributed by atoms with Crippen LogP contribution in [0.15, 0.2) is 23.8 Å². The van der Waals surface area contributed by atoms with Gasteiger partial charge in [-0.05, 0) is 105 Å². The van der Waals surface area contributed by atoms with Crippen molar-refractivity contribution in [2.45, 2.75) is 112 Å². The van der Waals surface area contributed by atoms with E-state index in [1.807, 2.05) is 13.8 Å². The van der Waals surface area contributed by atoms with Crippen LogP contribution in [0.2, 0.25) is 0 Å². The molecule has 1 nitrogen and oxygen atoms in total. The normalized spacial score (nSPS) is 43.9. The molecule has 3 fully saturated rings. The summed E-state index contributed by atoms with van der Waals surface area (Å²) in [7, 11) is 0. The number of allylic oxidation sites excluding steroid dienone is 3. The van der Waals surface area contributed by atoms with Gasteiger partial charge in [-0.3, -0.25) is 0 Å². The number of fused-ring (bicyclic) bond motifs is 5. The molecule has 0 bridgehead atoms. The van der Waals surface area contributed by atoms with Crippen molar-refractivity contribution in [2.75, 3.05) is 0 Å². The van der Waals surface area contributed by atoms with Gasteiger partial charge in [0.05, 0.1) is 6.10 Å². The van der Waals surface area contributed by atoms with Crippen LogP contribution in [0.1, 0.15) is 106 Å². The third-order valence-corrected chi connectivity index (χ3v) is 9.47. The SMILES string of the molecule is CC.CC(C)C/C=C/CC1CCC2C3CC=C4CC(O)CCC4(C)C3CCC12C. The van der Waals surface area contributed by atoms with Crippen molar-refractivity contribution < 1.29 is 5.11 Å². The van der Waals surface area contributed by atoms with Crippen molar-refractivity contribution in [3.8, 4) is 0 Å². The van der Waals surface area contributed by atoms with Crippen molar-refractivity contribution in [1.82, 2.24) is 0 Å². The Hall–Kier alpha value is -0.560. The number of hydrogen-bond acceptors (Lipinski definition) is 1. The fourth-order valence-corrected chi connectivity index (χ4v) is 7.77.